The summed E-state index contributed by atoms with van der Waals surface area (Å²) in [5, 5.41) is 4.39. The summed E-state index contributed by atoms with van der Waals surface area (Å²) < 4.78 is 11.0. The number of nitrogens with zero attached hydrogens (tertiary/aromatic N) is 2. The molecule has 1 aliphatic carbocycles. The number of morpholine rings is 1. The maximum atomic E-state index is 5.68. The Hall–Kier alpha value is -1.37. The molecule has 0 bridgehead atoms. The van der Waals surface area contributed by atoms with Gasteiger partial charge in [0.25, 0.3) is 0 Å². The number of ether oxygens (including phenoxy) is 2. The number of rotatable bonds is 9. The highest BCUT2D eigenvalue weighted by molar-refractivity contribution is 7.80. The molecule has 1 saturated carbocycles. The molecule has 2 aliphatic rings. The number of benzene rings is 1. The van der Waals surface area contributed by atoms with E-state index >= 15 is 0 Å². The van der Waals surface area contributed by atoms with Gasteiger partial charge in [-0.25, -0.2) is 0 Å². The van der Waals surface area contributed by atoms with Crippen LogP contribution in [0.2, 0.25) is 0 Å². The molecule has 5 nitrogen and oxygen atoms in total. The Balaban J connectivity index is 1.52. The molecule has 1 aliphatic heterocycles. The SMILES string of the molecule is CCOc1ccc(CN(CCCN2CCOCC2)C(=S)NC2CC2)cc1. The van der Waals surface area contributed by atoms with E-state index in [2.05, 4.69) is 27.2 Å². The molecule has 2 fully saturated rings. The van der Waals surface area contributed by atoms with Crippen LogP contribution < -0.4 is 10.1 Å². The van der Waals surface area contributed by atoms with E-state index in [1.165, 1.54) is 18.4 Å². The lowest BCUT2D eigenvalue weighted by molar-refractivity contribution is 0.0367. The lowest BCUT2D eigenvalue weighted by Gasteiger charge is -2.29. The molecule has 1 saturated heterocycles. The third kappa shape index (κ3) is 6.41. The smallest absolute Gasteiger partial charge is 0.169 e. The van der Waals surface area contributed by atoms with Crippen molar-refractivity contribution in [3.05, 3.63) is 29.8 Å². The third-order valence-corrected chi connectivity index (χ3v) is 5.18. The highest BCUT2D eigenvalue weighted by Crippen LogP contribution is 2.20. The van der Waals surface area contributed by atoms with E-state index < -0.39 is 0 Å². The standard InChI is InChI=1S/C20H31N3O2S/c1-2-25-19-8-4-17(5-9-19)16-23(20(26)21-18-6-7-18)11-3-10-22-12-14-24-15-13-22/h4-5,8-9,18H,2-3,6-7,10-16H2,1H3,(H,21,26). The number of thiocarbonyl (C=S) groups is 1. The first-order valence-electron chi connectivity index (χ1n) is 9.82. The van der Waals surface area contributed by atoms with Gasteiger partial charge in [0.2, 0.25) is 0 Å². The zero-order valence-corrected chi connectivity index (χ0v) is 16.6. The van der Waals surface area contributed by atoms with Crippen molar-refractivity contribution in [3.63, 3.8) is 0 Å². The fraction of sp³-hybridized carbons (Fsp3) is 0.650. The van der Waals surface area contributed by atoms with Crippen molar-refractivity contribution in [1.82, 2.24) is 15.1 Å². The summed E-state index contributed by atoms with van der Waals surface area (Å²) >= 11 is 5.68. The molecule has 1 aromatic carbocycles. The minimum Gasteiger partial charge on any atom is -0.494 e. The highest BCUT2D eigenvalue weighted by Gasteiger charge is 2.24. The average Bonchev–Trinajstić information content (AvgIpc) is 3.47. The molecule has 3 rings (SSSR count). The average molecular weight is 378 g/mol. The molecule has 1 aromatic rings. The van der Waals surface area contributed by atoms with Crippen molar-refractivity contribution in [1.29, 1.82) is 0 Å². The quantitative estimate of drug-likeness (QED) is 0.667. The molecular formula is C20H31N3O2S. The van der Waals surface area contributed by atoms with E-state index in [1.54, 1.807) is 0 Å². The molecule has 0 spiro atoms. The van der Waals surface area contributed by atoms with Gasteiger partial charge in [-0.15, -0.1) is 0 Å². The lowest BCUT2D eigenvalue weighted by atomic mass is 10.2. The zero-order valence-electron chi connectivity index (χ0n) is 15.8. The van der Waals surface area contributed by atoms with Crippen molar-refractivity contribution < 1.29 is 9.47 Å². The molecule has 0 aromatic heterocycles. The fourth-order valence-corrected chi connectivity index (χ4v) is 3.46. The number of nitrogens with one attached hydrogen (secondary N) is 1. The van der Waals surface area contributed by atoms with Gasteiger partial charge in [-0.2, -0.15) is 0 Å². The van der Waals surface area contributed by atoms with Crippen molar-refractivity contribution in [2.45, 2.75) is 38.8 Å². The van der Waals surface area contributed by atoms with Crippen LogP contribution in [0.3, 0.4) is 0 Å². The Bertz CT molecular complexity index is 557. The van der Waals surface area contributed by atoms with Crippen LogP contribution in [0.25, 0.3) is 0 Å². The monoisotopic (exact) mass is 377 g/mol. The van der Waals surface area contributed by atoms with Crippen LogP contribution in [-0.2, 0) is 11.3 Å². The van der Waals surface area contributed by atoms with E-state index in [9.17, 15) is 0 Å². The van der Waals surface area contributed by atoms with E-state index in [4.69, 9.17) is 21.7 Å². The summed E-state index contributed by atoms with van der Waals surface area (Å²) in [6.45, 7) is 9.43. The summed E-state index contributed by atoms with van der Waals surface area (Å²) in [4.78, 5) is 4.79. The summed E-state index contributed by atoms with van der Waals surface area (Å²) in [5.74, 6) is 0.925. The second-order valence-corrected chi connectivity index (χ2v) is 7.42. The van der Waals surface area contributed by atoms with Crippen LogP contribution in [0.1, 0.15) is 31.7 Å². The molecule has 144 valence electrons. The Morgan fingerprint density at radius 3 is 2.65 bits per heavy atom. The summed E-state index contributed by atoms with van der Waals surface area (Å²) in [6.07, 6.45) is 3.60. The Kier molecular flexibility index (Phi) is 7.53. The molecule has 6 heteroatoms. The van der Waals surface area contributed by atoms with Gasteiger partial charge in [0.05, 0.1) is 19.8 Å². The van der Waals surface area contributed by atoms with Crippen LogP contribution >= 0.6 is 12.2 Å². The molecule has 0 unspecified atom stereocenters. The van der Waals surface area contributed by atoms with Gasteiger partial charge < -0.3 is 19.7 Å². The summed E-state index contributed by atoms with van der Waals surface area (Å²) in [6, 6.07) is 8.95. The Morgan fingerprint density at radius 1 is 1.27 bits per heavy atom. The van der Waals surface area contributed by atoms with Crippen LogP contribution in [0, 0.1) is 0 Å². The molecule has 0 radical (unpaired) electrons. The van der Waals surface area contributed by atoms with Crippen molar-refractivity contribution in [2.24, 2.45) is 0 Å². The Labute approximate surface area is 162 Å². The van der Waals surface area contributed by atoms with Crippen LogP contribution in [0.15, 0.2) is 24.3 Å². The molecule has 26 heavy (non-hydrogen) atoms. The van der Waals surface area contributed by atoms with Gasteiger partial charge in [0.15, 0.2) is 5.11 Å². The largest absolute Gasteiger partial charge is 0.494 e. The van der Waals surface area contributed by atoms with E-state index in [0.29, 0.717) is 12.6 Å². The number of hydrogen-bond acceptors (Lipinski definition) is 4. The number of hydrogen-bond donors (Lipinski definition) is 1. The maximum absolute atomic E-state index is 5.68. The van der Waals surface area contributed by atoms with Gasteiger partial charge in [0, 0.05) is 38.8 Å². The summed E-state index contributed by atoms with van der Waals surface area (Å²) in [7, 11) is 0. The van der Waals surface area contributed by atoms with Crippen molar-refractivity contribution >= 4 is 17.3 Å². The van der Waals surface area contributed by atoms with E-state index in [-0.39, 0.29) is 0 Å². The highest BCUT2D eigenvalue weighted by atomic mass is 32.1. The van der Waals surface area contributed by atoms with Gasteiger partial charge >= 0.3 is 0 Å². The normalized spacial score (nSPS) is 17.7. The molecule has 1 heterocycles. The van der Waals surface area contributed by atoms with Crippen molar-refractivity contribution in [3.8, 4) is 5.75 Å². The second kappa shape index (κ2) is 10.1. The lowest BCUT2D eigenvalue weighted by Crippen LogP contribution is -2.42. The molecule has 1 N–H and O–H groups in total. The first kappa shape index (κ1) is 19.4. The molecule has 0 amide bonds. The first-order chi connectivity index (χ1) is 12.7. The minimum atomic E-state index is 0.588. The Morgan fingerprint density at radius 2 is 2.00 bits per heavy atom. The maximum Gasteiger partial charge on any atom is 0.169 e. The van der Waals surface area contributed by atoms with Gasteiger partial charge in [-0.3, -0.25) is 4.90 Å². The molecule has 0 atom stereocenters. The van der Waals surface area contributed by atoms with E-state index in [1.807, 2.05) is 19.1 Å². The molecular weight excluding hydrogens is 346 g/mol. The van der Waals surface area contributed by atoms with Crippen LogP contribution in [-0.4, -0.2) is 67.0 Å². The predicted molar refractivity (Wildman–Crippen MR) is 109 cm³/mol. The minimum absolute atomic E-state index is 0.588. The van der Waals surface area contributed by atoms with Gasteiger partial charge in [0.1, 0.15) is 5.75 Å². The fourth-order valence-electron chi connectivity index (χ4n) is 3.13. The first-order valence-corrected chi connectivity index (χ1v) is 10.2. The van der Waals surface area contributed by atoms with Gasteiger partial charge in [-0.05, 0) is 56.1 Å². The summed E-state index contributed by atoms with van der Waals surface area (Å²) in [5.41, 5.74) is 1.26. The predicted octanol–water partition coefficient (Wildman–Crippen LogP) is 2.65. The van der Waals surface area contributed by atoms with Gasteiger partial charge in [-0.1, -0.05) is 12.1 Å². The van der Waals surface area contributed by atoms with Crippen LogP contribution in [0.5, 0.6) is 5.75 Å². The third-order valence-electron chi connectivity index (χ3n) is 4.81. The van der Waals surface area contributed by atoms with Crippen LogP contribution in [0.4, 0.5) is 0 Å². The zero-order chi connectivity index (χ0) is 18.2. The van der Waals surface area contributed by atoms with E-state index in [0.717, 1.165) is 63.2 Å². The second-order valence-electron chi connectivity index (χ2n) is 7.03. The topological polar surface area (TPSA) is 37.0 Å². The van der Waals surface area contributed by atoms with Crippen molar-refractivity contribution in [2.75, 3.05) is 46.0 Å².